The minimum Gasteiger partial charge on any atom is -0.486 e. The predicted octanol–water partition coefficient (Wildman–Crippen LogP) is 1.09. The number of aromatic nitrogens is 3. The standard InChI is InChI=1S/C11H11N3O3/c1-14-10(11(15)16)5-8(13-14)7-17-9-3-2-4-12-6-9/h2-6H,7H2,1H3,(H,15,16). The highest BCUT2D eigenvalue weighted by Gasteiger charge is 2.11. The molecule has 2 heterocycles. The molecule has 6 nitrogen and oxygen atoms in total. The highest BCUT2D eigenvalue weighted by atomic mass is 16.5. The normalized spacial score (nSPS) is 10.2. The third-order valence-corrected chi connectivity index (χ3v) is 2.17. The van der Waals surface area contributed by atoms with Crippen molar-refractivity contribution < 1.29 is 14.6 Å². The number of hydrogen-bond donors (Lipinski definition) is 1. The van der Waals surface area contributed by atoms with E-state index in [9.17, 15) is 4.79 Å². The molecule has 2 rings (SSSR count). The van der Waals surface area contributed by atoms with E-state index in [0.717, 1.165) is 0 Å². The van der Waals surface area contributed by atoms with Crippen LogP contribution in [-0.4, -0.2) is 25.8 Å². The largest absolute Gasteiger partial charge is 0.486 e. The van der Waals surface area contributed by atoms with Crippen molar-refractivity contribution in [3.63, 3.8) is 0 Å². The molecule has 2 aromatic rings. The minimum absolute atomic E-state index is 0.134. The van der Waals surface area contributed by atoms with Crippen molar-refractivity contribution in [3.8, 4) is 5.75 Å². The summed E-state index contributed by atoms with van der Waals surface area (Å²) in [5.74, 6) is -0.386. The molecule has 2 aromatic heterocycles. The molecule has 0 radical (unpaired) electrons. The fraction of sp³-hybridized carbons (Fsp3) is 0.182. The zero-order valence-corrected chi connectivity index (χ0v) is 9.20. The van der Waals surface area contributed by atoms with Gasteiger partial charge in [-0.05, 0) is 18.2 Å². The number of ether oxygens (including phenoxy) is 1. The molecular formula is C11H11N3O3. The molecule has 17 heavy (non-hydrogen) atoms. The van der Waals surface area contributed by atoms with Gasteiger partial charge in [0.1, 0.15) is 23.7 Å². The van der Waals surface area contributed by atoms with Crippen molar-refractivity contribution >= 4 is 5.97 Å². The number of nitrogens with zero attached hydrogens (tertiary/aromatic N) is 3. The van der Waals surface area contributed by atoms with Gasteiger partial charge in [0.15, 0.2) is 0 Å². The molecule has 0 amide bonds. The quantitative estimate of drug-likeness (QED) is 0.855. The highest BCUT2D eigenvalue weighted by Crippen LogP contribution is 2.10. The summed E-state index contributed by atoms with van der Waals surface area (Å²) in [5, 5.41) is 12.9. The summed E-state index contributed by atoms with van der Waals surface area (Å²) < 4.78 is 6.72. The number of carboxylic acid groups (broad SMARTS) is 1. The lowest BCUT2D eigenvalue weighted by atomic mass is 10.3. The van der Waals surface area contributed by atoms with Gasteiger partial charge >= 0.3 is 5.97 Å². The van der Waals surface area contributed by atoms with Crippen LogP contribution in [0.2, 0.25) is 0 Å². The van der Waals surface area contributed by atoms with Crippen LogP contribution in [0.5, 0.6) is 5.75 Å². The van der Waals surface area contributed by atoms with Gasteiger partial charge in [-0.25, -0.2) is 4.79 Å². The van der Waals surface area contributed by atoms with Gasteiger partial charge in [0.05, 0.1) is 6.20 Å². The monoisotopic (exact) mass is 233 g/mol. The van der Waals surface area contributed by atoms with Crippen molar-refractivity contribution in [2.24, 2.45) is 7.05 Å². The second kappa shape index (κ2) is 4.65. The number of rotatable bonds is 4. The maximum Gasteiger partial charge on any atom is 0.354 e. The van der Waals surface area contributed by atoms with Crippen molar-refractivity contribution in [1.29, 1.82) is 0 Å². The first-order valence-corrected chi connectivity index (χ1v) is 4.96. The molecule has 6 heteroatoms. The Kier molecular flexibility index (Phi) is 3.04. The van der Waals surface area contributed by atoms with Gasteiger partial charge in [-0.15, -0.1) is 0 Å². The molecule has 0 aliphatic rings. The van der Waals surface area contributed by atoms with E-state index in [4.69, 9.17) is 9.84 Å². The van der Waals surface area contributed by atoms with Crippen LogP contribution < -0.4 is 4.74 Å². The maximum absolute atomic E-state index is 10.8. The maximum atomic E-state index is 10.8. The second-order valence-corrected chi connectivity index (χ2v) is 3.43. The number of pyridine rings is 1. The number of aryl methyl sites for hydroxylation is 1. The van der Waals surface area contributed by atoms with Gasteiger partial charge < -0.3 is 9.84 Å². The van der Waals surface area contributed by atoms with Crippen LogP contribution in [0, 0.1) is 0 Å². The molecule has 1 N–H and O–H groups in total. The van der Waals surface area contributed by atoms with E-state index in [2.05, 4.69) is 10.1 Å². The van der Waals surface area contributed by atoms with E-state index in [-0.39, 0.29) is 12.3 Å². The summed E-state index contributed by atoms with van der Waals surface area (Å²) in [5.41, 5.74) is 0.698. The van der Waals surface area contributed by atoms with E-state index < -0.39 is 5.97 Å². The Labute approximate surface area is 97.5 Å². The zero-order valence-electron chi connectivity index (χ0n) is 9.20. The summed E-state index contributed by atoms with van der Waals surface area (Å²) >= 11 is 0. The first-order valence-electron chi connectivity index (χ1n) is 4.96. The Morgan fingerprint density at radius 3 is 3.00 bits per heavy atom. The predicted molar refractivity (Wildman–Crippen MR) is 58.7 cm³/mol. The van der Waals surface area contributed by atoms with Crippen LogP contribution >= 0.6 is 0 Å². The van der Waals surface area contributed by atoms with Crippen molar-refractivity contribution in [2.75, 3.05) is 0 Å². The highest BCUT2D eigenvalue weighted by molar-refractivity contribution is 5.85. The summed E-state index contributed by atoms with van der Waals surface area (Å²) in [6, 6.07) is 5.02. The zero-order chi connectivity index (χ0) is 12.3. The Hall–Kier alpha value is -2.37. The Balaban J connectivity index is 2.05. The first kappa shape index (κ1) is 11.1. The lowest BCUT2D eigenvalue weighted by Crippen LogP contribution is -2.04. The van der Waals surface area contributed by atoms with E-state index >= 15 is 0 Å². The molecule has 0 aliphatic heterocycles. The van der Waals surface area contributed by atoms with Crippen LogP contribution in [-0.2, 0) is 13.7 Å². The molecule has 0 saturated heterocycles. The summed E-state index contributed by atoms with van der Waals surface area (Å²) in [6.45, 7) is 0.215. The number of carbonyl (C=O) groups is 1. The van der Waals surface area contributed by atoms with Crippen molar-refractivity contribution in [2.45, 2.75) is 6.61 Å². The Morgan fingerprint density at radius 1 is 1.59 bits per heavy atom. The number of aromatic carboxylic acids is 1. The van der Waals surface area contributed by atoms with Gasteiger partial charge in [0.2, 0.25) is 0 Å². The molecule has 88 valence electrons. The van der Waals surface area contributed by atoms with Crippen LogP contribution in [0.25, 0.3) is 0 Å². The van der Waals surface area contributed by atoms with Crippen molar-refractivity contribution in [3.05, 3.63) is 42.0 Å². The molecular weight excluding hydrogens is 222 g/mol. The molecule has 0 fully saturated rings. The lowest BCUT2D eigenvalue weighted by molar-refractivity contribution is 0.0685. The SMILES string of the molecule is Cn1nc(COc2cccnc2)cc1C(=O)O. The van der Waals surface area contributed by atoms with Crippen LogP contribution in [0.15, 0.2) is 30.6 Å². The van der Waals surface area contributed by atoms with Crippen LogP contribution in [0.4, 0.5) is 0 Å². The van der Waals surface area contributed by atoms with Gasteiger partial charge in [-0.3, -0.25) is 9.67 Å². The average Bonchev–Trinajstić information content (AvgIpc) is 2.69. The smallest absolute Gasteiger partial charge is 0.354 e. The Bertz CT molecular complexity index is 522. The topological polar surface area (TPSA) is 77.2 Å². The van der Waals surface area contributed by atoms with E-state index in [1.807, 2.05) is 0 Å². The van der Waals surface area contributed by atoms with Gasteiger partial charge in [0, 0.05) is 13.2 Å². The molecule has 0 saturated carbocycles. The Morgan fingerprint density at radius 2 is 2.41 bits per heavy atom. The molecule has 0 atom stereocenters. The van der Waals surface area contributed by atoms with Crippen LogP contribution in [0.1, 0.15) is 16.2 Å². The summed E-state index contributed by atoms with van der Waals surface area (Å²) in [6.07, 6.45) is 3.23. The third-order valence-electron chi connectivity index (χ3n) is 2.17. The lowest BCUT2D eigenvalue weighted by Gasteiger charge is -2.01. The molecule has 0 aromatic carbocycles. The summed E-state index contributed by atoms with van der Waals surface area (Å²) in [7, 11) is 1.58. The van der Waals surface area contributed by atoms with Gasteiger partial charge in [-0.1, -0.05) is 0 Å². The van der Waals surface area contributed by atoms with E-state index in [0.29, 0.717) is 11.4 Å². The average molecular weight is 233 g/mol. The number of carboxylic acids is 1. The fourth-order valence-electron chi connectivity index (χ4n) is 1.39. The molecule has 0 bridgehead atoms. The van der Waals surface area contributed by atoms with Crippen LogP contribution in [0.3, 0.4) is 0 Å². The van der Waals surface area contributed by atoms with E-state index in [1.165, 1.54) is 10.7 Å². The second-order valence-electron chi connectivity index (χ2n) is 3.43. The van der Waals surface area contributed by atoms with Gasteiger partial charge in [0.25, 0.3) is 0 Å². The molecule has 0 unspecified atom stereocenters. The first-order chi connectivity index (χ1) is 8.16. The van der Waals surface area contributed by atoms with Crippen molar-refractivity contribution in [1.82, 2.24) is 14.8 Å². The summed E-state index contributed by atoms with van der Waals surface area (Å²) in [4.78, 5) is 14.7. The fourth-order valence-corrected chi connectivity index (χ4v) is 1.39. The molecule has 0 aliphatic carbocycles. The minimum atomic E-state index is -1.01. The third kappa shape index (κ3) is 2.60. The number of hydrogen-bond acceptors (Lipinski definition) is 4. The van der Waals surface area contributed by atoms with E-state index in [1.54, 1.807) is 31.6 Å². The van der Waals surface area contributed by atoms with Gasteiger partial charge in [-0.2, -0.15) is 5.10 Å². The molecule has 0 spiro atoms.